The number of rotatable bonds is 10. The van der Waals surface area contributed by atoms with Gasteiger partial charge in [0.1, 0.15) is 9.96 Å². The Hall–Kier alpha value is -3.12. The van der Waals surface area contributed by atoms with Gasteiger partial charge in [-0.2, -0.15) is 5.10 Å². The number of fused-ring (bicyclic) bond motifs is 1. The van der Waals surface area contributed by atoms with E-state index in [9.17, 15) is 13.2 Å². The minimum absolute atomic E-state index is 0.0861. The predicted octanol–water partition coefficient (Wildman–Crippen LogP) is 3.83. The molecule has 0 aliphatic heterocycles. The number of carbonyl (C=O) groups is 1. The molecule has 0 fully saturated rings. The Labute approximate surface area is 218 Å². The molecular formula is C24H26ClN5O4S2. The number of halogens is 1. The van der Waals surface area contributed by atoms with Crippen molar-refractivity contribution in [3.8, 4) is 5.75 Å². The summed E-state index contributed by atoms with van der Waals surface area (Å²) in [5.74, 6) is 0.573. The normalized spacial score (nSPS) is 12.4. The zero-order valence-electron chi connectivity index (χ0n) is 19.9. The van der Waals surface area contributed by atoms with E-state index >= 15 is 0 Å². The van der Waals surface area contributed by atoms with Gasteiger partial charge in [-0.25, -0.2) is 8.42 Å². The summed E-state index contributed by atoms with van der Waals surface area (Å²) in [6.07, 6.45) is 0. The van der Waals surface area contributed by atoms with E-state index in [-0.39, 0.29) is 22.0 Å². The van der Waals surface area contributed by atoms with Crippen LogP contribution >= 0.6 is 22.9 Å². The third-order valence-corrected chi connectivity index (χ3v) is 8.68. The van der Waals surface area contributed by atoms with Crippen LogP contribution in [-0.4, -0.2) is 44.3 Å². The summed E-state index contributed by atoms with van der Waals surface area (Å²) in [6, 6.07) is 15.9. The molecule has 0 saturated heterocycles. The van der Waals surface area contributed by atoms with Crippen LogP contribution in [0.25, 0.3) is 10.9 Å². The van der Waals surface area contributed by atoms with Gasteiger partial charge in [0, 0.05) is 6.54 Å². The number of thiophene rings is 1. The van der Waals surface area contributed by atoms with E-state index < -0.39 is 10.0 Å². The van der Waals surface area contributed by atoms with Gasteiger partial charge in [-0.3, -0.25) is 14.2 Å². The molecule has 0 radical (unpaired) electrons. The molecule has 0 unspecified atom stereocenters. The highest BCUT2D eigenvalue weighted by Gasteiger charge is 2.23. The number of anilines is 1. The molecule has 0 bridgehead atoms. The average molecular weight is 548 g/mol. The lowest BCUT2D eigenvalue weighted by atomic mass is 10.1. The highest BCUT2D eigenvalue weighted by Crippen LogP contribution is 2.35. The molecule has 0 aliphatic carbocycles. The van der Waals surface area contributed by atoms with Crippen molar-refractivity contribution < 1.29 is 17.9 Å². The molecule has 2 heterocycles. The summed E-state index contributed by atoms with van der Waals surface area (Å²) < 4.78 is 36.2. The molecule has 0 aliphatic rings. The van der Waals surface area contributed by atoms with Crippen LogP contribution in [-0.2, 0) is 27.9 Å². The maximum atomic E-state index is 13.0. The first-order valence-corrected chi connectivity index (χ1v) is 13.7. The van der Waals surface area contributed by atoms with Crippen LogP contribution in [0.3, 0.4) is 0 Å². The highest BCUT2D eigenvalue weighted by atomic mass is 35.5. The summed E-state index contributed by atoms with van der Waals surface area (Å²) in [6.45, 7) is 2.56. The molecule has 1 amide bonds. The second-order valence-corrected chi connectivity index (χ2v) is 11.7. The van der Waals surface area contributed by atoms with Gasteiger partial charge < -0.3 is 15.4 Å². The molecule has 190 valence electrons. The first-order chi connectivity index (χ1) is 17.2. The van der Waals surface area contributed by atoms with Crippen molar-refractivity contribution in [1.82, 2.24) is 20.4 Å². The van der Waals surface area contributed by atoms with Gasteiger partial charge in [0.15, 0.2) is 5.82 Å². The third-order valence-electron chi connectivity index (χ3n) is 5.62. The van der Waals surface area contributed by atoms with E-state index in [0.29, 0.717) is 34.1 Å². The topological polar surface area (TPSA) is 114 Å². The first kappa shape index (κ1) is 26.0. The summed E-state index contributed by atoms with van der Waals surface area (Å²) in [4.78, 5) is 12.1. The van der Waals surface area contributed by atoms with E-state index in [2.05, 4.69) is 20.5 Å². The van der Waals surface area contributed by atoms with E-state index in [0.717, 1.165) is 22.5 Å². The standard InChI is InChI=1S/C24H26ClN5O4S2/c1-15(26-2)24(31)27-13-16-6-4-7-17(12-16)14-30-18-8-5-9-19(34-3)22(18)23(28-30)29-36(32,33)21-11-10-20(25)35-21/h4-12,15,26H,13-14H2,1-3H3,(H,27,31)(H,28,29)/t15-/m0/s1. The highest BCUT2D eigenvalue weighted by molar-refractivity contribution is 7.94. The lowest BCUT2D eigenvalue weighted by Gasteiger charge is -2.12. The minimum Gasteiger partial charge on any atom is -0.496 e. The molecule has 2 aromatic heterocycles. The molecule has 36 heavy (non-hydrogen) atoms. The summed E-state index contributed by atoms with van der Waals surface area (Å²) in [5.41, 5.74) is 2.58. The van der Waals surface area contributed by atoms with Crippen LogP contribution in [0.2, 0.25) is 4.34 Å². The zero-order chi connectivity index (χ0) is 25.9. The SMILES string of the molecule is CN[C@@H](C)C(=O)NCc1cccc(Cn2nc(NS(=O)(=O)c3ccc(Cl)s3)c3c(OC)cccc32)c1. The second kappa shape index (κ2) is 10.9. The fourth-order valence-corrected chi connectivity index (χ4v) is 6.16. The summed E-state index contributed by atoms with van der Waals surface area (Å²) in [7, 11) is -0.634. The number of aromatic nitrogens is 2. The Morgan fingerprint density at radius 2 is 1.92 bits per heavy atom. The lowest BCUT2D eigenvalue weighted by molar-refractivity contribution is -0.122. The van der Waals surface area contributed by atoms with Crippen molar-refractivity contribution >= 4 is 55.6 Å². The van der Waals surface area contributed by atoms with Gasteiger partial charge in [0.05, 0.1) is 34.9 Å². The van der Waals surface area contributed by atoms with Crippen LogP contribution in [0.1, 0.15) is 18.1 Å². The number of likely N-dealkylation sites (N-methyl/N-ethyl adjacent to an activating group) is 1. The van der Waals surface area contributed by atoms with Crippen LogP contribution in [0.5, 0.6) is 5.75 Å². The van der Waals surface area contributed by atoms with E-state index in [1.807, 2.05) is 36.4 Å². The summed E-state index contributed by atoms with van der Waals surface area (Å²) >= 11 is 6.91. The smallest absolute Gasteiger partial charge is 0.272 e. The van der Waals surface area contributed by atoms with Crippen molar-refractivity contribution in [2.75, 3.05) is 18.9 Å². The minimum atomic E-state index is -3.89. The third kappa shape index (κ3) is 5.65. The molecular weight excluding hydrogens is 522 g/mol. The monoisotopic (exact) mass is 547 g/mol. The Kier molecular flexibility index (Phi) is 7.84. The molecule has 0 spiro atoms. The van der Waals surface area contributed by atoms with Crippen LogP contribution in [0.15, 0.2) is 58.8 Å². The van der Waals surface area contributed by atoms with Crippen molar-refractivity contribution in [3.63, 3.8) is 0 Å². The molecule has 9 nitrogen and oxygen atoms in total. The van der Waals surface area contributed by atoms with Crippen molar-refractivity contribution in [2.24, 2.45) is 0 Å². The van der Waals surface area contributed by atoms with Gasteiger partial charge in [0.2, 0.25) is 5.91 Å². The number of nitrogens with one attached hydrogen (secondary N) is 3. The number of carbonyl (C=O) groups excluding carboxylic acids is 1. The largest absolute Gasteiger partial charge is 0.496 e. The molecule has 4 rings (SSSR count). The van der Waals surface area contributed by atoms with E-state index in [1.165, 1.54) is 19.2 Å². The lowest BCUT2D eigenvalue weighted by Crippen LogP contribution is -2.39. The van der Waals surface area contributed by atoms with Crippen LogP contribution < -0.4 is 20.1 Å². The molecule has 12 heteroatoms. The number of hydrogen-bond donors (Lipinski definition) is 3. The van der Waals surface area contributed by atoms with Crippen LogP contribution in [0, 0.1) is 0 Å². The van der Waals surface area contributed by atoms with Gasteiger partial charge in [-0.1, -0.05) is 41.9 Å². The Bertz CT molecular complexity index is 1500. The zero-order valence-corrected chi connectivity index (χ0v) is 22.3. The average Bonchev–Trinajstić information content (AvgIpc) is 3.46. The van der Waals surface area contributed by atoms with Gasteiger partial charge in [-0.15, -0.1) is 11.3 Å². The number of sulfonamides is 1. The Morgan fingerprint density at radius 1 is 1.17 bits per heavy atom. The Morgan fingerprint density at radius 3 is 2.61 bits per heavy atom. The second-order valence-electron chi connectivity index (χ2n) is 8.07. The van der Waals surface area contributed by atoms with Gasteiger partial charge in [-0.05, 0) is 49.4 Å². The molecule has 2 aromatic carbocycles. The fourth-order valence-electron chi connectivity index (χ4n) is 3.66. The number of ether oxygens (including phenoxy) is 1. The fraction of sp³-hybridized carbons (Fsp3) is 0.250. The van der Waals surface area contributed by atoms with Crippen molar-refractivity contribution in [1.29, 1.82) is 0 Å². The number of methoxy groups -OCH3 is 1. The molecule has 0 saturated carbocycles. The summed E-state index contributed by atoms with van der Waals surface area (Å²) in [5, 5.41) is 11.0. The number of hydrogen-bond acceptors (Lipinski definition) is 7. The Balaban J connectivity index is 1.64. The maximum Gasteiger partial charge on any atom is 0.272 e. The van der Waals surface area contributed by atoms with Crippen molar-refractivity contribution in [3.05, 3.63) is 70.1 Å². The van der Waals surface area contributed by atoms with Crippen molar-refractivity contribution in [2.45, 2.75) is 30.3 Å². The van der Waals surface area contributed by atoms with Gasteiger partial charge >= 0.3 is 0 Å². The van der Waals surface area contributed by atoms with E-state index in [1.54, 1.807) is 24.7 Å². The first-order valence-electron chi connectivity index (χ1n) is 11.1. The molecule has 1 atom stereocenters. The molecule has 4 aromatic rings. The van der Waals surface area contributed by atoms with Gasteiger partial charge in [0.25, 0.3) is 10.0 Å². The maximum absolute atomic E-state index is 13.0. The predicted molar refractivity (Wildman–Crippen MR) is 142 cm³/mol. The number of amides is 1. The van der Waals surface area contributed by atoms with E-state index in [4.69, 9.17) is 16.3 Å². The number of nitrogens with zero attached hydrogens (tertiary/aromatic N) is 2. The molecule has 3 N–H and O–H groups in total. The number of benzene rings is 2. The quantitative estimate of drug-likeness (QED) is 0.278. The van der Waals surface area contributed by atoms with Crippen LogP contribution in [0.4, 0.5) is 5.82 Å².